The molecule has 0 aromatic heterocycles. The normalized spacial score (nSPS) is 22.4. The second kappa shape index (κ2) is 4.81. The first-order valence-electron chi connectivity index (χ1n) is 4.68. The number of nitrogens with zero attached hydrogens (tertiary/aromatic N) is 1. The zero-order valence-corrected chi connectivity index (χ0v) is 7.97. The summed E-state index contributed by atoms with van der Waals surface area (Å²) in [7, 11) is 0. The van der Waals surface area contributed by atoms with Gasteiger partial charge in [-0.3, -0.25) is 0 Å². The molecule has 0 aromatic carbocycles. The highest BCUT2D eigenvalue weighted by Gasteiger charge is 2.24. The van der Waals surface area contributed by atoms with Crippen LogP contribution < -0.4 is 0 Å². The molecule has 0 spiro atoms. The molecular formula is C9H20BN. The summed E-state index contributed by atoms with van der Waals surface area (Å²) in [5, 5.41) is 0. The fourth-order valence-corrected chi connectivity index (χ4v) is 2.04. The summed E-state index contributed by atoms with van der Waals surface area (Å²) < 4.78 is 1.39. The summed E-state index contributed by atoms with van der Waals surface area (Å²) >= 11 is 0. The van der Waals surface area contributed by atoms with Gasteiger partial charge in [-0.2, -0.15) is 0 Å². The number of hydrogen-bond acceptors (Lipinski definition) is 0. The first-order valence-corrected chi connectivity index (χ1v) is 4.68. The molecule has 0 N–H and O–H groups in total. The van der Waals surface area contributed by atoms with Gasteiger partial charge in [0, 0.05) is 0 Å². The fourth-order valence-electron chi connectivity index (χ4n) is 2.04. The predicted octanol–water partition coefficient (Wildman–Crippen LogP) is 1.65. The third-order valence-electron chi connectivity index (χ3n) is 3.11. The molecule has 0 bridgehead atoms. The van der Waals surface area contributed by atoms with Crippen molar-refractivity contribution in [3.05, 3.63) is 0 Å². The molecule has 0 saturated carbocycles. The number of likely N-dealkylation sites (tertiary alicyclic amines) is 1. The fraction of sp³-hybridized carbons (Fsp3) is 1.00. The van der Waals surface area contributed by atoms with Crippen molar-refractivity contribution >= 4 is 8.41 Å². The summed E-state index contributed by atoms with van der Waals surface area (Å²) in [5.74, 6) is 0. The smallest absolute Gasteiger partial charge is 0.0786 e. The van der Waals surface area contributed by atoms with Crippen molar-refractivity contribution in [2.75, 3.05) is 26.2 Å². The molecule has 1 fully saturated rings. The van der Waals surface area contributed by atoms with E-state index in [1.165, 1.54) is 49.9 Å². The Bertz CT molecular complexity index is 91.7. The van der Waals surface area contributed by atoms with Crippen molar-refractivity contribution in [2.24, 2.45) is 0 Å². The molecule has 1 nitrogen and oxygen atoms in total. The van der Waals surface area contributed by atoms with Gasteiger partial charge in [0.15, 0.2) is 0 Å². The molecule has 4 radical (unpaired) electrons. The van der Waals surface area contributed by atoms with E-state index in [1.807, 2.05) is 0 Å². The Morgan fingerprint density at radius 1 is 0.909 bits per heavy atom. The van der Waals surface area contributed by atoms with Crippen molar-refractivity contribution in [2.45, 2.75) is 33.1 Å². The highest BCUT2D eigenvalue weighted by molar-refractivity contribution is 5.75. The number of quaternary nitrogens is 1. The topological polar surface area (TPSA) is 0 Å². The van der Waals surface area contributed by atoms with Gasteiger partial charge in [-0.15, -0.1) is 0 Å². The van der Waals surface area contributed by atoms with Crippen LogP contribution in [0.15, 0.2) is 0 Å². The minimum atomic E-state index is 0. The Labute approximate surface area is 72.9 Å². The predicted molar refractivity (Wildman–Crippen MR) is 50.7 cm³/mol. The molecule has 1 heterocycles. The van der Waals surface area contributed by atoms with Gasteiger partial charge < -0.3 is 12.9 Å². The maximum absolute atomic E-state index is 2.33. The lowest BCUT2D eigenvalue weighted by molar-refractivity contribution is -0.929. The summed E-state index contributed by atoms with van der Waals surface area (Å²) in [6.07, 6.45) is 4.39. The highest BCUT2D eigenvalue weighted by atomic mass is 15.3. The summed E-state index contributed by atoms with van der Waals surface area (Å²) in [4.78, 5) is 0. The Hall–Kier alpha value is 0.0249. The van der Waals surface area contributed by atoms with Crippen molar-refractivity contribution in [1.29, 1.82) is 0 Å². The van der Waals surface area contributed by atoms with E-state index in [2.05, 4.69) is 13.8 Å². The lowest BCUT2D eigenvalue weighted by Crippen LogP contribution is -2.50. The van der Waals surface area contributed by atoms with Crippen LogP contribution in [-0.4, -0.2) is 39.1 Å². The molecule has 11 heavy (non-hydrogen) atoms. The van der Waals surface area contributed by atoms with E-state index in [4.69, 9.17) is 0 Å². The van der Waals surface area contributed by atoms with Crippen molar-refractivity contribution in [3.63, 3.8) is 0 Å². The molecule has 64 valence electrons. The minimum Gasteiger partial charge on any atom is -1.00 e. The van der Waals surface area contributed by atoms with Gasteiger partial charge in [0.05, 0.1) is 26.2 Å². The van der Waals surface area contributed by atoms with Crippen molar-refractivity contribution in [1.82, 2.24) is 0 Å². The molecule has 0 aliphatic carbocycles. The van der Waals surface area contributed by atoms with Gasteiger partial charge in [-0.25, -0.2) is 0 Å². The first kappa shape index (κ1) is 11.0. The number of hydrogen-bond donors (Lipinski definition) is 0. The minimum absolute atomic E-state index is 0. The molecular weight excluding hydrogens is 133 g/mol. The van der Waals surface area contributed by atoms with E-state index in [9.17, 15) is 0 Å². The maximum Gasteiger partial charge on any atom is 0.0786 e. The molecule has 2 heteroatoms. The van der Waals surface area contributed by atoms with E-state index >= 15 is 0 Å². The maximum atomic E-state index is 2.33. The first-order chi connectivity index (χ1) is 4.83. The Morgan fingerprint density at radius 2 is 1.36 bits per heavy atom. The average molecular weight is 153 g/mol. The van der Waals surface area contributed by atoms with Gasteiger partial charge in [0.1, 0.15) is 0 Å². The Morgan fingerprint density at radius 3 is 1.64 bits per heavy atom. The monoisotopic (exact) mass is 153 g/mol. The lowest BCUT2D eigenvalue weighted by Gasteiger charge is -2.39. The Kier molecular flexibility index (Phi) is 4.82. The van der Waals surface area contributed by atoms with E-state index in [1.54, 1.807) is 0 Å². The number of piperidine rings is 1. The van der Waals surface area contributed by atoms with Crippen LogP contribution >= 0.6 is 0 Å². The van der Waals surface area contributed by atoms with Crippen LogP contribution in [0.2, 0.25) is 0 Å². The zero-order chi connectivity index (χ0) is 7.45. The van der Waals surface area contributed by atoms with Gasteiger partial charge in [-0.05, 0) is 33.1 Å². The summed E-state index contributed by atoms with van der Waals surface area (Å²) in [5.41, 5.74) is 0. The van der Waals surface area contributed by atoms with E-state index in [-0.39, 0.29) is 8.41 Å². The van der Waals surface area contributed by atoms with Crippen LogP contribution in [0.25, 0.3) is 0 Å². The molecule has 0 aromatic rings. The second-order valence-corrected chi connectivity index (χ2v) is 3.48. The zero-order valence-electron chi connectivity index (χ0n) is 7.97. The molecule has 1 aliphatic rings. The van der Waals surface area contributed by atoms with Gasteiger partial charge >= 0.3 is 0 Å². The van der Waals surface area contributed by atoms with Gasteiger partial charge in [-0.1, -0.05) is 0 Å². The highest BCUT2D eigenvalue weighted by Crippen LogP contribution is 2.17. The standard InChI is InChI=1S/C9H20N.B/c1-3-10(4-2)8-6-5-7-9-10;/h3-9H2,1-2H3;/q+1;-1. The van der Waals surface area contributed by atoms with Gasteiger partial charge in [0.25, 0.3) is 0 Å². The average Bonchev–Trinajstić information content (AvgIpc) is 2.06. The summed E-state index contributed by atoms with van der Waals surface area (Å²) in [6, 6.07) is 0. The van der Waals surface area contributed by atoms with Gasteiger partial charge in [0.2, 0.25) is 0 Å². The molecule has 1 aliphatic heterocycles. The molecule has 1 rings (SSSR count). The third-order valence-corrected chi connectivity index (χ3v) is 3.11. The quantitative estimate of drug-likeness (QED) is 0.418. The van der Waals surface area contributed by atoms with Crippen molar-refractivity contribution < 1.29 is 4.48 Å². The van der Waals surface area contributed by atoms with Crippen LogP contribution in [0.4, 0.5) is 0 Å². The van der Waals surface area contributed by atoms with E-state index in [0.717, 1.165) is 0 Å². The van der Waals surface area contributed by atoms with E-state index < -0.39 is 0 Å². The van der Waals surface area contributed by atoms with Crippen LogP contribution in [0.5, 0.6) is 0 Å². The molecule has 0 unspecified atom stereocenters. The van der Waals surface area contributed by atoms with Crippen LogP contribution in [0, 0.1) is 0 Å². The van der Waals surface area contributed by atoms with Crippen LogP contribution in [0.3, 0.4) is 0 Å². The summed E-state index contributed by atoms with van der Waals surface area (Å²) in [6.45, 7) is 10.2. The van der Waals surface area contributed by atoms with Crippen molar-refractivity contribution in [3.8, 4) is 0 Å². The molecule has 0 atom stereocenters. The van der Waals surface area contributed by atoms with E-state index in [0.29, 0.717) is 0 Å². The molecule has 0 amide bonds. The number of rotatable bonds is 2. The molecule has 1 saturated heterocycles. The van der Waals surface area contributed by atoms with Crippen LogP contribution in [0.1, 0.15) is 33.1 Å². The lowest BCUT2D eigenvalue weighted by atomic mass is 10.1. The SMILES string of the molecule is CC[N+]1(CC)CCCCC1.[B-]. The Balaban J connectivity index is 0.000001000. The largest absolute Gasteiger partial charge is 1.00 e. The van der Waals surface area contributed by atoms with Crippen LogP contribution in [-0.2, 0) is 0 Å². The second-order valence-electron chi connectivity index (χ2n) is 3.48. The third kappa shape index (κ3) is 2.51.